The largest absolute Gasteiger partial charge is 0.386 e. The molecule has 2 heterocycles. The number of piperazine rings is 1. The van der Waals surface area contributed by atoms with Gasteiger partial charge in [-0.15, -0.1) is 0 Å². The zero-order chi connectivity index (χ0) is 12.5. The summed E-state index contributed by atoms with van der Waals surface area (Å²) in [7, 11) is 0. The summed E-state index contributed by atoms with van der Waals surface area (Å²) in [6, 6.07) is 0.400. The molecule has 2 N–H and O–H groups in total. The van der Waals surface area contributed by atoms with Crippen molar-refractivity contribution >= 4 is 5.95 Å². The molecular formula is C12H20N4O. The quantitative estimate of drug-likeness (QED) is 0.783. The van der Waals surface area contributed by atoms with Gasteiger partial charge in [0, 0.05) is 43.6 Å². The lowest BCUT2D eigenvalue weighted by atomic mass is 10.0. The molecule has 1 aliphatic heterocycles. The summed E-state index contributed by atoms with van der Waals surface area (Å²) in [4.78, 5) is 10.9. The number of aliphatic hydroxyl groups is 1. The predicted octanol–water partition coefficient (Wildman–Crippen LogP) is 0.502. The first-order valence-electron chi connectivity index (χ1n) is 6.01. The first kappa shape index (κ1) is 12.3. The van der Waals surface area contributed by atoms with Crippen molar-refractivity contribution in [1.82, 2.24) is 15.3 Å². The Morgan fingerprint density at radius 1 is 1.41 bits per heavy atom. The molecule has 1 fully saturated rings. The highest BCUT2D eigenvalue weighted by Crippen LogP contribution is 2.19. The maximum absolute atomic E-state index is 9.84. The summed E-state index contributed by atoms with van der Waals surface area (Å²) in [5, 5.41) is 13.2. The molecule has 0 amide bonds. The highest BCUT2D eigenvalue weighted by atomic mass is 16.3. The predicted molar refractivity (Wildman–Crippen MR) is 67.0 cm³/mol. The summed E-state index contributed by atoms with van der Waals surface area (Å²) in [5.74, 6) is 0.743. The Morgan fingerprint density at radius 2 is 2.06 bits per heavy atom. The van der Waals surface area contributed by atoms with E-state index < -0.39 is 5.60 Å². The highest BCUT2D eigenvalue weighted by Gasteiger charge is 2.22. The Hall–Kier alpha value is -1.20. The van der Waals surface area contributed by atoms with Crippen molar-refractivity contribution in [2.75, 3.05) is 24.5 Å². The Labute approximate surface area is 102 Å². The SMILES string of the molecule is C[C@@H]1CNCCN1c1ncc(C(C)(C)O)cn1. The third-order valence-electron chi connectivity index (χ3n) is 3.10. The number of rotatable bonds is 2. The molecule has 1 aromatic rings. The van der Waals surface area contributed by atoms with E-state index >= 15 is 0 Å². The van der Waals surface area contributed by atoms with Gasteiger partial charge in [0.25, 0.3) is 0 Å². The Morgan fingerprint density at radius 3 is 2.59 bits per heavy atom. The molecule has 5 heteroatoms. The van der Waals surface area contributed by atoms with Crippen LogP contribution in [0.3, 0.4) is 0 Å². The van der Waals surface area contributed by atoms with Gasteiger partial charge in [-0.05, 0) is 20.8 Å². The summed E-state index contributed by atoms with van der Waals surface area (Å²) >= 11 is 0. The molecule has 0 aromatic carbocycles. The molecule has 5 nitrogen and oxygen atoms in total. The molecule has 1 saturated heterocycles. The van der Waals surface area contributed by atoms with E-state index in [4.69, 9.17) is 0 Å². The Balaban J connectivity index is 2.17. The first-order chi connectivity index (χ1) is 7.98. The highest BCUT2D eigenvalue weighted by molar-refractivity contribution is 5.33. The van der Waals surface area contributed by atoms with Gasteiger partial charge in [0.2, 0.25) is 5.95 Å². The molecule has 1 aromatic heterocycles. The molecule has 0 aliphatic carbocycles. The number of hydrogen-bond donors (Lipinski definition) is 2. The smallest absolute Gasteiger partial charge is 0.225 e. The van der Waals surface area contributed by atoms with E-state index in [-0.39, 0.29) is 0 Å². The van der Waals surface area contributed by atoms with Crippen molar-refractivity contribution in [3.63, 3.8) is 0 Å². The van der Waals surface area contributed by atoms with Crippen molar-refractivity contribution in [3.05, 3.63) is 18.0 Å². The molecule has 0 bridgehead atoms. The van der Waals surface area contributed by atoms with E-state index in [1.165, 1.54) is 0 Å². The lowest BCUT2D eigenvalue weighted by Crippen LogP contribution is -2.50. The molecule has 2 rings (SSSR count). The summed E-state index contributed by atoms with van der Waals surface area (Å²) in [5.41, 5.74) is -0.141. The first-order valence-corrected chi connectivity index (χ1v) is 6.01. The van der Waals surface area contributed by atoms with E-state index in [1.807, 2.05) is 0 Å². The van der Waals surface area contributed by atoms with Crippen LogP contribution in [0.25, 0.3) is 0 Å². The van der Waals surface area contributed by atoms with Crippen molar-refractivity contribution < 1.29 is 5.11 Å². The standard InChI is InChI=1S/C12H20N4O/c1-9-6-13-4-5-16(9)11-14-7-10(8-15-11)12(2,3)17/h7-9,13,17H,4-6H2,1-3H3/t9-/m1/s1. The molecule has 0 radical (unpaired) electrons. The van der Waals surface area contributed by atoms with Crippen LogP contribution in [0.15, 0.2) is 12.4 Å². The maximum atomic E-state index is 9.84. The van der Waals surface area contributed by atoms with Crippen molar-refractivity contribution in [2.45, 2.75) is 32.4 Å². The minimum Gasteiger partial charge on any atom is -0.386 e. The zero-order valence-corrected chi connectivity index (χ0v) is 10.6. The fraction of sp³-hybridized carbons (Fsp3) is 0.667. The monoisotopic (exact) mass is 236 g/mol. The molecular weight excluding hydrogens is 216 g/mol. The van der Waals surface area contributed by atoms with Gasteiger partial charge in [-0.3, -0.25) is 0 Å². The van der Waals surface area contributed by atoms with Crippen molar-refractivity contribution in [1.29, 1.82) is 0 Å². The van der Waals surface area contributed by atoms with Crippen LogP contribution in [-0.2, 0) is 5.60 Å². The van der Waals surface area contributed by atoms with Crippen LogP contribution < -0.4 is 10.2 Å². The number of nitrogens with one attached hydrogen (secondary N) is 1. The number of aromatic nitrogens is 2. The third-order valence-corrected chi connectivity index (χ3v) is 3.10. The second-order valence-electron chi connectivity index (χ2n) is 5.08. The van der Waals surface area contributed by atoms with E-state index in [2.05, 4.69) is 27.1 Å². The average molecular weight is 236 g/mol. The van der Waals surface area contributed by atoms with Crippen LogP contribution in [0, 0.1) is 0 Å². The lowest BCUT2D eigenvalue weighted by molar-refractivity contribution is 0.0778. The van der Waals surface area contributed by atoms with Crippen molar-refractivity contribution in [2.24, 2.45) is 0 Å². The van der Waals surface area contributed by atoms with Gasteiger partial charge >= 0.3 is 0 Å². The summed E-state index contributed by atoms with van der Waals surface area (Å²) < 4.78 is 0. The number of nitrogens with zero attached hydrogens (tertiary/aromatic N) is 3. The molecule has 0 spiro atoms. The summed E-state index contributed by atoms with van der Waals surface area (Å²) in [6.07, 6.45) is 3.41. The molecule has 94 valence electrons. The topological polar surface area (TPSA) is 61.3 Å². The number of hydrogen-bond acceptors (Lipinski definition) is 5. The van der Waals surface area contributed by atoms with Gasteiger partial charge in [0.15, 0.2) is 0 Å². The molecule has 0 saturated carbocycles. The fourth-order valence-corrected chi connectivity index (χ4v) is 1.92. The third kappa shape index (κ3) is 2.73. The van der Waals surface area contributed by atoms with Crippen LogP contribution in [0.5, 0.6) is 0 Å². The van der Waals surface area contributed by atoms with Crippen LogP contribution in [0.2, 0.25) is 0 Å². The normalized spacial score (nSPS) is 21.6. The van der Waals surface area contributed by atoms with Gasteiger partial charge in [-0.2, -0.15) is 0 Å². The minimum atomic E-state index is -0.881. The Bertz CT molecular complexity index is 371. The van der Waals surface area contributed by atoms with Crippen LogP contribution in [0.1, 0.15) is 26.3 Å². The molecule has 17 heavy (non-hydrogen) atoms. The van der Waals surface area contributed by atoms with Gasteiger partial charge in [0.05, 0.1) is 5.60 Å². The van der Waals surface area contributed by atoms with E-state index in [0.717, 1.165) is 31.1 Å². The van der Waals surface area contributed by atoms with Gasteiger partial charge < -0.3 is 15.3 Å². The Kier molecular flexibility index (Phi) is 3.31. The van der Waals surface area contributed by atoms with E-state index in [9.17, 15) is 5.11 Å². The van der Waals surface area contributed by atoms with Gasteiger partial charge in [0.1, 0.15) is 0 Å². The minimum absolute atomic E-state index is 0.400. The average Bonchev–Trinajstić information content (AvgIpc) is 2.29. The second kappa shape index (κ2) is 4.58. The fourth-order valence-electron chi connectivity index (χ4n) is 1.92. The van der Waals surface area contributed by atoms with E-state index in [0.29, 0.717) is 6.04 Å². The van der Waals surface area contributed by atoms with Crippen LogP contribution >= 0.6 is 0 Å². The number of anilines is 1. The summed E-state index contributed by atoms with van der Waals surface area (Å²) in [6.45, 7) is 8.46. The lowest BCUT2D eigenvalue weighted by Gasteiger charge is -2.34. The molecule has 1 aliphatic rings. The van der Waals surface area contributed by atoms with Gasteiger partial charge in [-0.25, -0.2) is 9.97 Å². The van der Waals surface area contributed by atoms with Gasteiger partial charge in [-0.1, -0.05) is 0 Å². The molecule has 1 atom stereocenters. The second-order valence-corrected chi connectivity index (χ2v) is 5.08. The zero-order valence-electron chi connectivity index (χ0n) is 10.6. The van der Waals surface area contributed by atoms with Crippen LogP contribution in [0.4, 0.5) is 5.95 Å². The van der Waals surface area contributed by atoms with E-state index in [1.54, 1.807) is 26.2 Å². The van der Waals surface area contributed by atoms with Crippen molar-refractivity contribution in [3.8, 4) is 0 Å². The maximum Gasteiger partial charge on any atom is 0.225 e. The molecule has 0 unspecified atom stereocenters. The van der Waals surface area contributed by atoms with Crippen LogP contribution in [-0.4, -0.2) is 40.8 Å².